The SMILES string of the molecule is CC(=O)Nc1ccc(/C=C/c2ccc([N+](=O)[O-])c(C#N)c2)cc1. The van der Waals surface area contributed by atoms with Crippen LogP contribution in [0.4, 0.5) is 11.4 Å². The van der Waals surface area contributed by atoms with Crippen molar-refractivity contribution < 1.29 is 9.72 Å². The lowest BCUT2D eigenvalue weighted by molar-refractivity contribution is -0.385. The van der Waals surface area contributed by atoms with Gasteiger partial charge in [-0.1, -0.05) is 24.3 Å². The maximum atomic E-state index is 10.9. The van der Waals surface area contributed by atoms with Crippen LogP contribution in [0.15, 0.2) is 42.5 Å². The van der Waals surface area contributed by atoms with E-state index in [2.05, 4.69) is 5.32 Å². The molecule has 0 saturated heterocycles. The molecule has 0 atom stereocenters. The van der Waals surface area contributed by atoms with Crippen LogP contribution < -0.4 is 5.32 Å². The molecule has 0 fully saturated rings. The van der Waals surface area contributed by atoms with Crippen molar-refractivity contribution in [3.05, 3.63) is 69.3 Å². The summed E-state index contributed by atoms with van der Waals surface area (Å²) in [6.45, 7) is 1.44. The number of nitro groups is 1. The number of nitrogens with one attached hydrogen (secondary N) is 1. The summed E-state index contributed by atoms with van der Waals surface area (Å²) in [5.41, 5.74) is 2.12. The molecule has 0 bridgehead atoms. The van der Waals surface area contributed by atoms with E-state index in [0.717, 1.165) is 5.56 Å². The normalized spacial score (nSPS) is 10.3. The Balaban J connectivity index is 2.18. The van der Waals surface area contributed by atoms with Crippen LogP contribution in [0.5, 0.6) is 0 Å². The van der Waals surface area contributed by atoms with E-state index in [-0.39, 0.29) is 17.2 Å². The highest BCUT2D eigenvalue weighted by molar-refractivity contribution is 5.88. The van der Waals surface area contributed by atoms with Crippen LogP contribution in [0.1, 0.15) is 23.6 Å². The first-order chi connectivity index (χ1) is 11.0. The van der Waals surface area contributed by atoms with Crippen molar-refractivity contribution in [3.63, 3.8) is 0 Å². The van der Waals surface area contributed by atoms with E-state index in [1.165, 1.54) is 19.1 Å². The minimum absolute atomic E-state index is 0.0261. The lowest BCUT2D eigenvalue weighted by atomic mass is 10.1. The zero-order valence-corrected chi connectivity index (χ0v) is 12.3. The summed E-state index contributed by atoms with van der Waals surface area (Å²) in [4.78, 5) is 21.2. The first-order valence-electron chi connectivity index (χ1n) is 6.74. The Bertz CT molecular complexity index is 818. The Labute approximate surface area is 132 Å². The number of hydrogen-bond acceptors (Lipinski definition) is 4. The maximum absolute atomic E-state index is 10.9. The van der Waals surface area contributed by atoms with Gasteiger partial charge in [0.15, 0.2) is 0 Å². The average Bonchev–Trinajstić information content (AvgIpc) is 2.53. The summed E-state index contributed by atoms with van der Waals surface area (Å²) >= 11 is 0. The Morgan fingerprint density at radius 2 is 1.78 bits per heavy atom. The van der Waals surface area contributed by atoms with Gasteiger partial charge in [-0.05, 0) is 35.4 Å². The van der Waals surface area contributed by atoms with Gasteiger partial charge in [0.05, 0.1) is 4.92 Å². The number of hydrogen-bond donors (Lipinski definition) is 1. The average molecular weight is 307 g/mol. The lowest BCUT2D eigenvalue weighted by Gasteiger charge is -2.02. The molecule has 0 unspecified atom stereocenters. The predicted molar refractivity (Wildman–Crippen MR) is 87.5 cm³/mol. The summed E-state index contributed by atoms with van der Waals surface area (Å²) in [6.07, 6.45) is 3.58. The van der Waals surface area contributed by atoms with Gasteiger partial charge >= 0.3 is 0 Å². The molecule has 0 spiro atoms. The van der Waals surface area contributed by atoms with Gasteiger partial charge in [-0.15, -0.1) is 0 Å². The molecule has 0 aliphatic rings. The third kappa shape index (κ3) is 4.25. The summed E-state index contributed by atoms with van der Waals surface area (Å²) in [6, 6.07) is 13.4. The second-order valence-corrected chi connectivity index (χ2v) is 4.78. The molecular formula is C17H13N3O3. The third-order valence-corrected chi connectivity index (χ3v) is 3.04. The summed E-state index contributed by atoms with van der Waals surface area (Å²) in [5, 5.41) is 22.4. The molecule has 0 saturated carbocycles. The smallest absolute Gasteiger partial charge is 0.287 e. The van der Waals surface area contributed by atoms with Crippen LogP contribution in [0.25, 0.3) is 12.2 Å². The molecule has 2 aromatic rings. The van der Waals surface area contributed by atoms with Crippen molar-refractivity contribution in [3.8, 4) is 6.07 Å². The fraction of sp³-hybridized carbons (Fsp3) is 0.0588. The number of anilines is 1. The largest absolute Gasteiger partial charge is 0.326 e. The van der Waals surface area contributed by atoms with E-state index >= 15 is 0 Å². The van der Waals surface area contributed by atoms with Crippen molar-refractivity contribution in [1.82, 2.24) is 0 Å². The molecule has 2 aromatic carbocycles. The van der Waals surface area contributed by atoms with E-state index in [4.69, 9.17) is 5.26 Å². The molecule has 6 heteroatoms. The Hall–Kier alpha value is -3.46. The van der Waals surface area contributed by atoms with Crippen LogP contribution in [0, 0.1) is 21.4 Å². The number of benzene rings is 2. The topological polar surface area (TPSA) is 96.0 Å². The lowest BCUT2D eigenvalue weighted by Crippen LogP contribution is -2.05. The van der Waals surface area contributed by atoms with E-state index in [9.17, 15) is 14.9 Å². The summed E-state index contributed by atoms with van der Waals surface area (Å²) in [5.74, 6) is -0.136. The molecule has 0 radical (unpaired) electrons. The van der Waals surface area contributed by atoms with Crippen molar-refractivity contribution >= 4 is 29.4 Å². The molecular weight excluding hydrogens is 294 g/mol. The number of amides is 1. The highest BCUT2D eigenvalue weighted by Gasteiger charge is 2.12. The van der Waals surface area contributed by atoms with Gasteiger partial charge < -0.3 is 5.32 Å². The Morgan fingerprint density at radius 3 is 2.35 bits per heavy atom. The van der Waals surface area contributed by atoms with Gasteiger partial charge in [0.2, 0.25) is 5.91 Å². The van der Waals surface area contributed by atoms with Crippen molar-refractivity contribution in [2.75, 3.05) is 5.32 Å². The molecule has 0 heterocycles. The minimum Gasteiger partial charge on any atom is -0.326 e. The molecule has 23 heavy (non-hydrogen) atoms. The zero-order valence-electron chi connectivity index (χ0n) is 12.3. The van der Waals surface area contributed by atoms with Gasteiger partial charge in [-0.3, -0.25) is 14.9 Å². The van der Waals surface area contributed by atoms with Crippen molar-refractivity contribution in [2.45, 2.75) is 6.92 Å². The van der Waals surface area contributed by atoms with E-state index in [0.29, 0.717) is 11.3 Å². The molecule has 1 N–H and O–H groups in total. The highest BCUT2D eigenvalue weighted by atomic mass is 16.6. The second-order valence-electron chi connectivity index (χ2n) is 4.78. The summed E-state index contributed by atoms with van der Waals surface area (Å²) in [7, 11) is 0. The third-order valence-electron chi connectivity index (χ3n) is 3.04. The Morgan fingerprint density at radius 1 is 1.17 bits per heavy atom. The standard InChI is InChI=1S/C17H13N3O3/c1-12(21)19-16-7-4-13(5-8-16)2-3-14-6-9-17(20(22)23)15(10-14)11-18/h2-10H,1H3,(H,19,21)/b3-2+. The van der Waals surface area contributed by atoms with Gasteiger partial charge in [0, 0.05) is 18.7 Å². The predicted octanol–water partition coefficient (Wildman–Crippen LogP) is 3.60. The van der Waals surface area contributed by atoms with Crippen molar-refractivity contribution in [1.29, 1.82) is 5.26 Å². The molecule has 0 aromatic heterocycles. The first kappa shape index (κ1) is 15.9. The van der Waals surface area contributed by atoms with Crippen molar-refractivity contribution in [2.24, 2.45) is 0 Å². The first-order valence-corrected chi connectivity index (χ1v) is 6.74. The highest BCUT2D eigenvalue weighted by Crippen LogP contribution is 2.20. The van der Waals surface area contributed by atoms with Crippen LogP contribution in [0.2, 0.25) is 0 Å². The molecule has 2 rings (SSSR count). The monoisotopic (exact) mass is 307 g/mol. The number of carbonyl (C=O) groups excluding carboxylic acids is 1. The zero-order chi connectivity index (χ0) is 16.8. The number of nitro benzene ring substituents is 1. The fourth-order valence-electron chi connectivity index (χ4n) is 1.98. The van der Waals surface area contributed by atoms with Gasteiger partial charge in [0.1, 0.15) is 11.6 Å². The molecule has 0 aliphatic carbocycles. The van der Waals surface area contributed by atoms with Crippen LogP contribution in [-0.4, -0.2) is 10.8 Å². The van der Waals surface area contributed by atoms with Crippen LogP contribution in [-0.2, 0) is 4.79 Å². The van der Waals surface area contributed by atoms with Gasteiger partial charge in [-0.25, -0.2) is 0 Å². The number of nitriles is 1. The Kier molecular flexibility index (Phi) is 4.85. The number of rotatable bonds is 4. The molecule has 0 aliphatic heterocycles. The van der Waals surface area contributed by atoms with E-state index < -0.39 is 4.92 Å². The second kappa shape index (κ2) is 7.00. The van der Waals surface area contributed by atoms with Crippen LogP contribution in [0.3, 0.4) is 0 Å². The number of nitrogens with zero attached hydrogens (tertiary/aromatic N) is 2. The van der Waals surface area contributed by atoms with Gasteiger partial charge in [-0.2, -0.15) is 5.26 Å². The molecule has 6 nitrogen and oxygen atoms in total. The minimum atomic E-state index is -0.577. The molecule has 114 valence electrons. The van der Waals surface area contributed by atoms with Crippen LogP contribution >= 0.6 is 0 Å². The van der Waals surface area contributed by atoms with E-state index in [1.54, 1.807) is 24.3 Å². The molecule has 1 amide bonds. The number of carbonyl (C=O) groups is 1. The maximum Gasteiger partial charge on any atom is 0.287 e. The van der Waals surface area contributed by atoms with Gasteiger partial charge in [0.25, 0.3) is 5.69 Å². The van der Waals surface area contributed by atoms with E-state index in [1.807, 2.05) is 24.3 Å². The fourth-order valence-corrected chi connectivity index (χ4v) is 1.98. The quantitative estimate of drug-likeness (QED) is 0.530. The summed E-state index contributed by atoms with van der Waals surface area (Å²) < 4.78 is 0.